The number of fused-ring (bicyclic) bond motifs is 1. The lowest BCUT2D eigenvalue weighted by Crippen LogP contribution is -2.38. The number of hydrogen-bond acceptors (Lipinski definition) is 3. The maximum Gasteiger partial charge on any atom is 0.254 e. The Labute approximate surface area is 124 Å². The third-order valence-electron chi connectivity index (χ3n) is 3.74. The van der Waals surface area contributed by atoms with Crippen molar-refractivity contribution < 1.29 is 4.79 Å². The van der Waals surface area contributed by atoms with Gasteiger partial charge in [-0.3, -0.25) is 4.79 Å². The molecule has 0 saturated carbocycles. The van der Waals surface area contributed by atoms with Crippen LogP contribution in [0.4, 0.5) is 5.69 Å². The van der Waals surface area contributed by atoms with Gasteiger partial charge in [0.15, 0.2) is 0 Å². The first-order valence-corrected chi connectivity index (χ1v) is 7.41. The molecule has 0 aliphatic carbocycles. The van der Waals surface area contributed by atoms with Gasteiger partial charge in [-0.1, -0.05) is 6.92 Å². The number of anilines is 1. The summed E-state index contributed by atoms with van der Waals surface area (Å²) in [5.41, 5.74) is 1.79. The van der Waals surface area contributed by atoms with E-state index in [-0.39, 0.29) is 5.91 Å². The van der Waals surface area contributed by atoms with Gasteiger partial charge in [0, 0.05) is 43.3 Å². The van der Waals surface area contributed by atoms with Gasteiger partial charge in [0.25, 0.3) is 5.91 Å². The predicted molar refractivity (Wildman–Crippen MR) is 82.2 cm³/mol. The van der Waals surface area contributed by atoms with Crippen LogP contribution in [-0.4, -0.2) is 33.4 Å². The van der Waals surface area contributed by atoms with E-state index in [9.17, 15) is 4.79 Å². The molecule has 1 amide bonds. The van der Waals surface area contributed by atoms with Crippen LogP contribution in [0.5, 0.6) is 0 Å². The van der Waals surface area contributed by atoms with Gasteiger partial charge in [0.2, 0.25) is 0 Å². The molecule has 0 fully saturated rings. The molecule has 1 aliphatic heterocycles. The highest BCUT2D eigenvalue weighted by Gasteiger charge is 2.22. The van der Waals surface area contributed by atoms with Gasteiger partial charge in [-0.25, -0.2) is 4.98 Å². The molecule has 1 aromatic heterocycles. The molecule has 2 heterocycles. The monoisotopic (exact) mass is 284 g/mol. The molecule has 0 radical (unpaired) electrons. The van der Waals surface area contributed by atoms with Gasteiger partial charge in [-0.05, 0) is 30.7 Å². The first-order valence-electron chi connectivity index (χ1n) is 7.41. The third-order valence-corrected chi connectivity index (χ3v) is 3.74. The maximum atomic E-state index is 12.5. The molecule has 0 unspecified atom stereocenters. The lowest BCUT2D eigenvalue weighted by atomic mass is 10.1. The normalized spacial score (nSPS) is 13.9. The molecule has 0 bridgehead atoms. The molecule has 5 nitrogen and oxygen atoms in total. The van der Waals surface area contributed by atoms with E-state index in [1.54, 1.807) is 6.20 Å². The van der Waals surface area contributed by atoms with E-state index in [0.717, 1.165) is 43.1 Å². The lowest BCUT2D eigenvalue weighted by Gasteiger charge is -2.27. The molecule has 0 atom stereocenters. The molecule has 0 saturated heterocycles. The van der Waals surface area contributed by atoms with E-state index >= 15 is 0 Å². The quantitative estimate of drug-likeness (QED) is 0.937. The van der Waals surface area contributed by atoms with E-state index in [4.69, 9.17) is 0 Å². The van der Waals surface area contributed by atoms with Crippen molar-refractivity contribution in [1.29, 1.82) is 0 Å². The Morgan fingerprint density at radius 1 is 1.29 bits per heavy atom. The molecule has 21 heavy (non-hydrogen) atoms. The average Bonchev–Trinajstić information content (AvgIpc) is 3.00. The van der Waals surface area contributed by atoms with Crippen LogP contribution in [0.15, 0.2) is 36.7 Å². The lowest BCUT2D eigenvalue weighted by molar-refractivity contribution is 0.0707. The molecule has 2 aromatic rings. The molecular formula is C16H20N4O. The largest absolute Gasteiger partial charge is 0.385 e. The van der Waals surface area contributed by atoms with Crippen molar-refractivity contribution in [2.24, 2.45) is 0 Å². The van der Waals surface area contributed by atoms with Crippen molar-refractivity contribution in [1.82, 2.24) is 14.5 Å². The van der Waals surface area contributed by atoms with Gasteiger partial charge in [0.05, 0.1) is 6.54 Å². The summed E-state index contributed by atoms with van der Waals surface area (Å²) in [5.74, 6) is 1.03. The van der Waals surface area contributed by atoms with Crippen molar-refractivity contribution in [2.75, 3.05) is 18.4 Å². The minimum absolute atomic E-state index is 0.0753. The fourth-order valence-electron chi connectivity index (χ4n) is 2.53. The minimum atomic E-state index is 0.0753. The van der Waals surface area contributed by atoms with Crippen LogP contribution < -0.4 is 5.32 Å². The van der Waals surface area contributed by atoms with E-state index in [2.05, 4.69) is 21.8 Å². The van der Waals surface area contributed by atoms with Crippen molar-refractivity contribution in [3.8, 4) is 0 Å². The number of amides is 1. The standard InChI is InChI=1S/C16H20N4O/c1-2-7-17-14-5-3-13(4-6-14)16(21)20-11-10-19-9-8-18-15(19)12-20/h3-6,8-9,17H,2,7,10-12H2,1H3. The molecule has 5 heteroatoms. The van der Waals surface area contributed by atoms with Crippen LogP contribution in [0, 0.1) is 0 Å². The van der Waals surface area contributed by atoms with E-state index < -0.39 is 0 Å². The zero-order valence-electron chi connectivity index (χ0n) is 12.2. The molecule has 1 N–H and O–H groups in total. The van der Waals surface area contributed by atoms with Crippen molar-refractivity contribution in [3.63, 3.8) is 0 Å². The second kappa shape index (κ2) is 5.99. The topological polar surface area (TPSA) is 50.2 Å². The number of rotatable bonds is 4. The van der Waals surface area contributed by atoms with Crippen LogP contribution >= 0.6 is 0 Å². The summed E-state index contributed by atoms with van der Waals surface area (Å²) in [6, 6.07) is 7.71. The highest BCUT2D eigenvalue weighted by atomic mass is 16.2. The second-order valence-corrected chi connectivity index (χ2v) is 5.27. The number of benzene rings is 1. The van der Waals surface area contributed by atoms with E-state index in [0.29, 0.717) is 6.54 Å². The molecule has 1 aliphatic rings. The highest BCUT2D eigenvalue weighted by molar-refractivity contribution is 5.94. The Bertz CT molecular complexity index is 617. The van der Waals surface area contributed by atoms with Gasteiger partial charge < -0.3 is 14.8 Å². The molecular weight excluding hydrogens is 264 g/mol. The number of carbonyl (C=O) groups is 1. The van der Waals surface area contributed by atoms with Gasteiger partial charge >= 0.3 is 0 Å². The van der Waals surface area contributed by atoms with Crippen molar-refractivity contribution in [2.45, 2.75) is 26.4 Å². The molecule has 0 spiro atoms. The molecule has 1 aromatic carbocycles. The summed E-state index contributed by atoms with van der Waals surface area (Å²) in [6.45, 7) is 5.21. The Morgan fingerprint density at radius 2 is 2.10 bits per heavy atom. The van der Waals surface area contributed by atoms with E-state index in [1.165, 1.54) is 0 Å². The average molecular weight is 284 g/mol. The van der Waals surface area contributed by atoms with Crippen molar-refractivity contribution >= 4 is 11.6 Å². The summed E-state index contributed by atoms with van der Waals surface area (Å²) >= 11 is 0. The molecule has 110 valence electrons. The number of nitrogens with one attached hydrogen (secondary N) is 1. The predicted octanol–water partition coefficient (Wildman–Crippen LogP) is 2.36. The molecule has 3 rings (SSSR count). The fourth-order valence-corrected chi connectivity index (χ4v) is 2.53. The SMILES string of the molecule is CCCNc1ccc(C(=O)N2CCn3ccnc3C2)cc1. The Balaban J connectivity index is 1.68. The number of aromatic nitrogens is 2. The summed E-state index contributed by atoms with van der Waals surface area (Å²) in [6.07, 6.45) is 4.84. The van der Waals surface area contributed by atoms with E-state index in [1.807, 2.05) is 35.4 Å². The summed E-state index contributed by atoms with van der Waals surface area (Å²) in [4.78, 5) is 18.7. The van der Waals surface area contributed by atoms with Crippen LogP contribution in [0.3, 0.4) is 0 Å². The van der Waals surface area contributed by atoms with Crippen molar-refractivity contribution in [3.05, 3.63) is 48.0 Å². The van der Waals surface area contributed by atoms with Gasteiger partial charge in [-0.15, -0.1) is 0 Å². The van der Waals surface area contributed by atoms with Gasteiger partial charge in [-0.2, -0.15) is 0 Å². The Morgan fingerprint density at radius 3 is 2.86 bits per heavy atom. The smallest absolute Gasteiger partial charge is 0.254 e. The third kappa shape index (κ3) is 2.91. The number of imidazole rings is 1. The zero-order valence-corrected chi connectivity index (χ0v) is 12.2. The Kier molecular flexibility index (Phi) is 3.90. The van der Waals surface area contributed by atoms with Crippen LogP contribution in [0.1, 0.15) is 29.5 Å². The zero-order chi connectivity index (χ0) is 14.7. The second-order valence-electron chi connectivity index (χ2n) is 5.27. The summed E-state index contributed by atoms with van der Waals surface area (Å²) in [7, 11) is 0. The summed E-state index contributed by atoms with van der Waals surface area (Å²) in [5, 5.41) is 3.31. The highest BCUT2D eigenvalue weighted by Crippen LogP contribution is 2.16. The first kappa shape index (κ1) is 13.7. The Hall–Kier alpha value is -2.30. The number of nitrogens with zero attached hydrogens (tertiary/aromatic N) is 3. The van der Waals surface area contributed by atoms with Gasteiger partial charge in [0.1, 0.15) is 5.82 Å². The van der Waals surface area contributed by atoms with Crippen LogP contribution in [0.2, 0.25) is 0 Å². The number of hydrogen-bond donors (Lipinski definition) is 1. The van der Waals surface area contributed by atoms with Crippen LogP contribution in [0.25, 0.3) is 0 Å². The fraction of sp³-hybridized carbons (Fsp3) is 0.375. The number of carbonyl (C=O) groups excluding carboxylic acids is 1. The maximum absolute atomic E-state index is 12.5. The summed E-state index contributed by atoms with van der Waals surface area (Å²) < 4.78 is 2.10. The van der Waals surface area contributed by atoms with Crippen LogP contribution in [-0.2, 0) is 13.1 Å². The minimum Gasteiger partial charge on any atom is -0.385 e. The first-order chi connectivity index (χ1) is 10.3.